The third-order valence-electron chi connectivity index (χ3n) is 2.33. The molecule has 0 unspecified atom stereocenters. The Bertz CT molecular complexity index is 447. The molecule has 20 heavy (non-hydrogen) atoms. The number of hydrogen-bond acceptors (Lipinski definition) is 6. The Kier molecular flexibility index (Phi) is 6.95. The second-order valence-electron chi connectivity index (χ2n) is 4.10. The van der Waals surface area contributed by atoms with Crippen molar-refractivity contribution in [3.63, 3.8) is 0 Å². The van der Waals surface area contributed by atoms with Crippen LogP contribution in [0, 0.1) is 0 Å². The number of nitrogen functional groups attached to an aromatic ring is 1. The summed E-state index contributed by atoms with van der Waals surface area (Å²) in [5.74, 6) is -0.733. The number of carbonyl (C=O) groups excluding carboxylic acids is 2. The maximum atomic E-state index is 11.3. The Balaban J connectivity index is 2.19. The fourth-order valence-corrected chi connectivity index (χ4v) is 1.30. The summed E-state index contributed by atoms with van der Waals surface area (Å²) < 4.78 is 14.7. The van der Waals surface area contributed by atoms with Gasteiger partial charge in [-0.05, 0) is 18.6 Å². The number of hydrogen-bond donors (Lipinski definition) is 1. The fraction of sp³-hybridized carbons (Fsp3) is 0.429. The second-order valence-corrected chi connectivity index (χ2v) is 4.10. The Labute approximate surface area is 117 Å². The van der Waals surface area contributed by atoms with Gasteiger partial charge in [0.15, 0.2) is 13.2 Å². The average molecular weight is 281 g/mol. The first kappa shape index (κ1) is 15.8. The number of anilines is 1. The van der Waals surface area contributed by atoms with Gasteiger partial charge in [0.2, 0.25) is 0 Å². The molecule has 1 aromatic rings. The lowest BCUT2D eigenvalue weighted by atomic mass is 10.3. The molecule has 6 heteroatoms. The van der Waals surface area contributed by atoms with Crippen molar-refractivity contribution in [2.45, 2.75) is 19.8 Å². The number of nitrogens with two attached hydrogens (primary N) is 1. The molecule has 0 spiro atoms. The third-order valence-corrected chi connectivity index (χ3v) is 2.33. The first-order valence-corrected chi connectivity index (χ1v) is 6.41. The number of ether oxygens (including phenoxy) is 3. The molecule has 0 aliphatic heterocycles. The number of rotatable bonds is 8. The van der Waals surface area contributed by atoms with E-state index < -0.39 is 18.5 Å². The van der Waals surface area contributed by atoms with E-state index in [1.54, 1.807) is 24.3 Å². The van der Waals surface area contributed by atoms with Crippen LogP contribution in [0.15, 0.2) is 24.3 Å². The van der Waals surface area contributed by atoms with E-state index in [4.69, 9.17) is 19.9 Å². The van der Waals surface area contributed by atoms with Gasteiger partial charge in [0.05, 0.1) is 6.61 Å². The molecule has 1 rings (SSSR count). The Morgan fingerprint density at radius 1 is 1.15 bits per heavy atom. The quantitative estimate of drug-likeness (QED) is 0.442. The molecule has 0 amide bonds. The largest absolute Gasteiger partial charge is 0.482 e. The van der Waals surface area contributed by atoms with Gasteiger partial charge in [-0.1, -0.05) is 19.4 Å². The van der Waals surface area contributed by atoms with Crippen LogP contribution in [0.1, 0.15) is 19.8 Å². The van der Waals surface area contributed by atoms with Crippen molar-refractivity contribution in [1.82, 2.24) is 0 Å². The highest BCUT2D eigenvalue weighted by Gasteiger charge is 2.09. The Morgan fingerprint density at radius 3 is 2.60 bits per heavy atom. The summed E-state index contributed by atoms with van der Waals surface area (Å²) in [5, 5.41) is 0. The number of benzene rings is 1. The molecule has 0 heterocycles. The Hall–Kier alpha value is -2.24. The minimum Gasteiger partial charge on any atom is -0.482 e. The molecule has 110 valence electrons. The maximum absolute atomic E-state index is 11.3. The summed E-state index contributed by atoms with van der Waals surface area (Å²) >= 11 is 0. The minimum atomic E-state index is -0.639. The van der Waals surface area contributed by atoms with E-state index in [1.165, 1.54) is 0 Å². The van der Waals surface area contributed by atoms with E-state index in [-0.39, 0.29) is 6.61 Å². The zero-order chi connectivity index (χ0) is 14.8. The van der Waals surface area contributed by atoms with Gasteiger partial charge in [0, 0.05) is 11.8 Å². The molecular weight excluding hydrogens is 262 g/mol. The van der Waals surface area contributed by atoms with Crippen LogP contribution in [0.3, 0.4) is 0 Å². The standard InChI is InChI=1S/C14H19NO5/c1-2-3-7-18-13(16)10-20-14(17)9-19-12-6-4-5-11(15)8-12/h4-6,8H,2-3,7,9-10,15H2,1H3. The van der Waals surface area contributed by atoms with Crippen molar-refractivity contribution in [3.8, 4) is 5.75 Å². The van der Waals surface area contributed by atoms with Gasteiger partial charge < -0.3 is 19.9 Å². The van der Waals surface area contributed by atoms with Crippen LogP contribution in [0.25, 0.3) is 0 Å². The van der Waals surface area contributed by atoms with Crippen LogP contribution in [-0.2, 0) is 19.1 Å². The Morgan fingerprint density at radius 2 is 1.90 bits per heavy atom. The summed E-state index contributed by atoms with van der Waals surface area (Å²) in [6, 6.07) is 6.67. The van der Waals surface area contributed by atoms with Crippen LogP contribution >= 0.6 is 0 Å². The van der Waals surface area contributed by atoms with Crippen molar-refractivity contribution in [2.24, 2.45) is 0 Å². The smallest absolute Gasteiger partial charge is 0.344 e. The summed E-state index contributed by atoms with van der Waals surface area (Å²) in [4.78, 5) is 22.5. The number of carbonyl (C=O) groups is 2. The van der Waals surface area contributed by atoms with Crippen molar-refractivity contribution in [2.75, 3.05) is 25.6 Å². The molecule has 0 bridgehead atoms. The van der Waals surface area contributed by atoms with Crippen LogP contribution in [0.4, 0.5) is 5.69 Å². The molecule has 0 radical (unpaired) electrons. The molecule has 0 aliphatic rings. The molecule has 0 atom stereocenters. The number of esters is 2. The second kappa shape index (κ2) is 8.79. The lowest BCUT2D eigenvalue weighted by Gasteiger charge is -2.07. The highest BCUT2D eigenvalue weighted by atomic mass is 16.6. The van der Waals surface area contributed by atoms with Gasteiger partial charge in [0.25, 0.3) is 0 Å². The lowest BCUT2D eigenvalue weighted by molar-refractivity contribution is -0.159. The molecule has 0 saturated heterocycles. The molecule has 0 saturated carbocycles. The monoisotopic (exact) mass is 281 g/mol. The van der Waals surface area contributed by atoms with Crippen molar-refractivity contribution in [3.05, 3.63) is 24.3 Å². The van der Waals surface area contributed by atoms with Crippen LogP contribution in [0.2, 0.25) is 0 Å². The molecule has 6 nitrogen and oxygen atoms in total. The first-order chi connectivity index (χ1) is 9.61. The first-order valence-electron chi connectivity index (χ1n) is 6.41. The van der Waals surface area contributed by atoms with Gasteiger partial charge in [0.1, 0.15) is 5.75 Å². The molecule has 1 aromatic carbocycles. The van der Waals surface area contributed by atoms with Crippen LogP contribution < -0.4 is 10.5 Å². The molecule has 2 N–H and O–H groups in total. The van der Waals surface area contributed by atoms with Gasteiger partial charge in [-0.25, -0.2) is 9.59 Å². The zero-order valence-corrected chi connectivity index (χ0v) is 11.5. The van der Waals surface area contributed by atoms with Crippen LogP contribution in [0.5, 0.6) is 5.75 Å². The summed E-state index contributed by atoms with van der Waals surface area (Å²) in [5.41, 5.74) is 6.10. The van der Waals surface area contributed by atoms with Gasteiger partial charge >= 0.3 is 11.9 Å². The number of unbranched alkanes of at least 4 members (excludes halogenated alkanes) is 1. The van der Waals surface area contributed by atoms with Gasteiger partial charge in [-0.15, -0.1) is 0 Å². The van der Waals surface area contributed by atoms with E-state index >= 15 is 0 Å². The van der Waals surface area contributed by atoms with Crippen molar-refractivity contribution >= 4 is 17.6 Å². The van der Waals surface area contributed by atoms with Gasteiger partial charge in [-0.3, -0.25) is 0 Å². The minimum absolute atomic E-state index is 0.286. The SMILES string of the molecule is CCCCOC(=O)COC(=O)COc1cccc(N)c1. The fourth-order valence-electron chi connectivity index (χ4n) is 1.30. The predicted octanol–water partition coefficient (Wildman–Crippen LogP) is 1.53. The third kappa shape index (κ3) is 6.63. The summed E-state index contributed by atoms with van der Waals surface area (Å²) in [7, 11) is 0. The van der Waals surface area contributed by atoms with Crippen molar-refractivity contribution < 1.29 is 23.8 Å². The van der Waals surface area contributed by atoms with E-state index in [9.17, 15) is 9.59 Å². The zero-order valence-electron chi connectivity index (χ0n) is 11.5. The van der Waals surface area contributed by atoms with Crippen LogP contribution in [-0.4, -0.2) is 31.8 Å². The van der Waals surface area contributed by atoms with Crippen molar-refractivity contribution in [1.29, 1.82) is 0 Å². The predicted molar refractivity (Wildman–Crippen MR) is 73.2 cm³/mol. The molecule has 0 aromatic heterocycles. The molecule has 0 aliphatic carbocycles. The highest BCUT2D eigenvalue weighted by molar-refractivity contribution is 5.77. The van der Waals surface area contributed by atoms with Gasteiger partial charge in [-0.2, -0.15) is 0 Å². The lowest BCUT2D eigenvalue weighted by Crippen LogP contribution is -2.21. The maximum Gasteiger partial charge on any atom is 0.344 e. The van der Waals surface area contributed by atoms with E-state index in [0.29, 0.717) is 18.0 Å². The molecule has 0 fully saturated rings. The average Bonchev–Trinajstić information content (AvgIpc) is 2.43. The summed E-state index contributed by atoms with van der Waals surface area (Å²) in [6.45, 7) is 1.64. The normalized spacial score (nSPS) is 9.85. The van der Waals surface area contributed by atoms with E-state index in [2.05, 4.69) is 0 Å². The summed E-state index contributed by atoms with van der Waals surface area (Å²) in [6.07, 6.45) is 1.72. The van der Waals surface area contributed by atoms with E-state index in [0.717, 1.165) is 12.8 Å². The van der Waals surface area contributed by atoms with E-state index in [1.807, 2.05) is 6.92 Å². The highest BCUT2D eigenvalue weighted by Crippen LogP contribution is 2.14. The molecular formula is C14H19NO5. The topological polar surface area (TPSA) is 87.8 Å².